The Balaban J connectivity index is 2.54. The van der Waals surface area contributed by atoms with Gasteiger partial charge in [-0.1, -0.05) is 0 Å². The van der Waals surface area contributed by atoms with E-state index < -0.39 is 0 Å². The van der Waals surface area contributed by atoms with Crippen LogP contribution < -0.4 is 4.90 Å². The average molecular weight is 137 g/mol. The minimum atomic E-state index is -0.376. The molecule has 0 aliphatic carbocycles. The van der Waals surface area contributed by atoms with Gasteiger partial charge in [0.1, 0.15) is 19.3 Å². The summed E-state index contributed by atoms with van der Waals surface area (Å²) in [7, 11) is 0. The van der Waals surface area contributed by atoms with Crippen LogP contribution in [0.15, 0.2) is 0 Å². The van der Waals surface area contributed by atoms with Crippen molar-refractivity contribution in [3.8, 4) is 12.3 Å². The van der Waals surface area contributed by atoms with Crippen molar-refractivity contribution in [2.75, 3.05) is 19.8 Å². The van der Waals surface area contributed by atoms with Gasteiger partial charge in [0.25, 0.3) is 6.04 Å². The van der Waals surface area contributed by atoms with Crippen LogP contribution in [-0.4, -0.2) is 25.8 Å². The lowest BCUT2D eigenvalue weighted by molar-refractivity contribution is 0.0710. The lowest BCUT2D eigenvalue weighted by atomic mass is 10.3. The minimum absolute atomic E-state index is 0.351. The van der Waals surface area contributed by atoms with Gasteiger partial charge in [-0.15, -0.1) is 5.26 Å². The summed E-state index contributed by atoms with van der Waals surface area (Å²) in [6, 6.07) is 1.61. The molecule has 0 bridgehead atoms. The van der Waals surface area contributed by atoms with E-state index in [0.717, 1.165) is 0 Å². The smallest absolute Gasteiger partial charge is 0.364 e. The average Bonchev–Trinajstić information content (AvgIpc) is 2.04. The van der Waals surface area contributed by atoms with Gasteiger partial charge in [-0.05, 0) is 4.90 Å². The predicted molar refractivity (Wildman–Crippen MR) is 32.8 cm³/mol. The molecule has 1 aliphatic heterocycles. The van der Waals surface area contributed by atoms with Crippen LogP contribution in [0.1, 0.15) is 0 Å². The van der Waals surface area contributed by atoms with Gasteiger partial charge in [0.05, 0.1) is 0 Å². The molecule has 0 amide bonds. The molecule has 0 spiro atoms. The van der Waals surface area contributed by atoms with Crippen LogP contribution in [0.4, 0.5) is 0 Å². The third-order valence-electron chi connectivity index (χ3n) is 1.41. The van der Waals surface area contributed by atoms with Crippen LogP contribution in [0.5, 0.6) is 0 Å². The molecule has 1 radical (unpaired) electrons. The highest BCUT2D eigenvalue weighted by molar-refractivity contribution is 5.02. The summed E-state index contributed by atoms with van der Waals surface area (Å²) < 4.78 is 4.99. The molecule has 1 heterocycles. The van der Waals surface area contributed by atoms with Gasteiger partial charge in [0.2, 0.25) is 0 Å². The molecule has 0 aromatic carbocycles. The van der Waals surface area contributed by atoms with Crippen LogP contribution in [0.3, 0.4) is 0 Å². The Morgan fingerprint density at radius 3 is 2.80 bits per heavy atom. The Hall–Kier alpha value is -1.10. The number of hydrogen-bond acceptors (Lipinski definition) is 4. The Kier molecular flexibility index (Phi) is 2.22. The molecular formula is C6H7N3O+. The first-order valence-electron chi connectivity index (χ1n) is 3.02. The van der Waals surface area contributed by atoms with E-state index in [-0.39, 0.29) is 6.04 Å². The highest BCUT2D eigenvalue weighted by Gasteiger charge is 2.32. The van der Waals surface area contributed by atoms with Crippen molar-refractivity contribution >= 4 is 0 Å². The highest BCUT2D eigenvalue weighted by atomic mass is 16.5. The van der Waals surface area contributed by atoms with Crippen molar-refractivity contribution in [2.24, 2.45) is 0 Å². The van der Waals surface area contributed by atoms with E-state index in [4.69, 9.17) is 15.3 Å². The second-order valence-corrected chi connectivity index (χ2v) is 2.01. The molecule has 4 heteroatoms. The molecule has 0 aromatic rings. The molecule has 0 N–H and O–H groups in total. The molecule has 10 heavy (non-hydrogen) atoms. The number of hydrogen-bond donors (Lipinski definition) is 0. The maximum absolute atomic E-state index is 8.47. The van der Waals surface area contributed by atoms with E-state index >= 15 is 0 Å². The van der Waals surface area contributed by atoms with Crippen molar-refractivity contribution < 1.29 is 4.74 Å². The zero-order valence-electron chi connectivity index (χ0n) is 5.45. The maximum Gasteiger partial charge on any atom is 0.364 e. The Morgan fingerprint density at radius 2 is 2.30 bits per heavy atom. The molecule has 1 unspecified atom stereocenters. The third-order valence-corrected chi connectivity index (χ3v) is 1.41. The van der Waals surface area contributed by atoms with Crippen molar-refractivity contribution in [1.82, 2.24) is 4.90 Å². The van der Waals surface area contributed by atoms with Crippen LogP contribution in [-0.2, 0) is 4.74 Å². The molecule has 1 atom stereocenters. The van der Waals surface area contributed by atoms with Gasteiger partial charge < -0.3 is 4.74 Å². The molecule has 0 aromatic heterocycles. The van der Waals surface area contributed by atoms with Crippen molar-refractivity contribution in [3.05, 3.63) is 0 Å². The Bertz CT molecular complexity index is 168. The number of morpholine rings is 1. The van der Waals surface area contributed by atoms with Gasteiger partial charge in [-0.2, -0.15) is 5.26 Å². The summed E-state index contributed by atoms with van der Waals surface area (Å²) in [4.78, 5) is 1.43. The fraction of sp³-hybridized carbons (Fsp3) is 0.667. The van der Waals surface area contributed by atoms with E-state index in [1.807, 2.05) is 12.3 Å². The predicted octanol–water partition coefficient (Wildman–Crippen LogP) is -0.470. The third kappa shape index (κ3) is 1.24. The summed E-state index contributed by atoms with van der Waals surface area (Å²) in [6.07, 6.45) is 1.94. The van der Waals surface area contributed by atoms with Gasteiger partial charge in [-0.25, -0.2) is 0 Å². The van der Waals surface area contributed by atoms with Crippen LogP contribution in [0.25, 0.3) is 0 Å². The van der Waals surface area contributed by atoms with Gasteiger partial charge in [-0.3, -0.25) is 0 Å². The molecular weight excluding hydrogens is 130 g/mol. The zero-order valence-corrected chi connectivity index (χ0v) is 5.45. The fourth-order valence-electron chi connectivity index (χ4n) is 0.830. The minimum Gasteiger partial charge on any atom is -0.368 e. The largest absolute Gasteiger partial charge is 0.368 e. The first kappa shape index (κ1) is 7.01. The SMILES string of the molecule is N#CC1COCC[N+]1C#N. The molecule has 1 aliphatic rings. The highest BCUT2D eigenvalue weighted by Crippen LogP contribution is 1.99. The van der Waals surface area contributed by atoms with Crippen molar-refractivity contribution in [3.63, 3.8) is 0 Å². The summed E-state index contributed by atoms with van der Waals surface area (Å²) in [5.74, 6) is 0. The number of nitrogens with zero attached hydrogens (tertiary/aromatic N) is 3. The summed E-state index contributed by atoms with van der Waals surface area (Å²) in [6.45, 7) is 1.44. The Labute approximate surface area is 59.2 Å². The van der Waals surface area contributed by atoms with E-state index in [1.165, 1.54) is 4.90 Å². The molecule has 4 nitrogen and oxygen atoms in total. The molecule has 51 valence electrons. The molecule has 1 saturated heterocycles. The topological polar surface area (TPSA) is 62.7 Å². The normalized spacial score (nSPS) is 26.8. The maximum atomic E-state index is 8.47. The lowest BCUT2D eigenvalue weighted by Gasteiger charge is -2.14. The zero-order chi connectivity index (χ0) is 7.40. The molecule has 1 rings (SSSR count). The van der Waals surface area contributed by atoms with Crippen molar-refractivity contribution in [1.29, 1.82) is 10.5 Å². The number of nitriles is 2. The molecule has 0 saturated carbocycles. The van der Waals surface area contributed by atoms with Gasteiger partial charge >= 0.3 is 6.19 Å². The van der Waals surface area contributed by atoms with E-state index in [1.54, 1.807) is 0 Å². The standard InChI is InChI=1S/C6H7N3O/c7-3-6-4-10-2-1-9(6)5-8/h6H,1-2,4H2/q+1. The van der Waals surface area contributed by atoms with Crippen molar-refractivity contribution in [2.45, 2.75) is 6.04 Å². The quantitative estimate of drug-likeness (QED) is 0.335. The fourth-order valence-corrected chi connectivity index (χ4v) is 0.830. The number of rotatable bonds is 0. The second-order valence-electron chi connectivity index (χ2n) is 2.01. The first-order chi connectivity index (χ1) is 4.88. The Morgan fingerprint density at radius 1 is 1.50 bits per heavy atom. The lowest BCUT2D eigenvalue weighted by Crippen LogP contribution is -2.45. The summed E-state index contributed by atoms with van der Waals surface area (Å²) in [5.41, 5.74) is 0. The van der Waals surface area contributed by atoms with E-state index in [0.29, 0.717) is 19.8 Å². The van der Waals surface area contributed by atoms with Crippen LogP contribution >= 0.6 is 0 Å². The van der Waals surface area contributed by atoms with Gasteiger partial charge in [0.15, 0.2) is 6.54 Å². The van der Waals surface area contributed by atoms with E-state index in [2.05, 4.69) is 0 Å². The van der Waals surface area contributed by atoms with Gasteiger partial charge in [0, 0.05) is 0 Å². The molecule has 1 fully saturated rings. The number of ether oxygens (including phenoxy) is 1. The van der Waals surface area contributed by atoms with Crippen LogP contribution in [0.2, 0.25) is 0 Å². The van der Waals surface area contributed by atoms with E-state index in [9.17, 15) is 0 Å². The second kappa shape index (κ2) is 3.17. The monoisotopic (exact) mass is 137 g/mol. The van der Waals surface area contributed by atoms with Crippen LogP contribution in [0, 0.1) is 22.8 Å². The first-order valence-corrected chi connectivity index (χ1v) is 3.02. The summed E-state index contributed by atoms with van der Waals surface area (Å²) >= 11 is 0. The summed E-state index contributed by atoms with van der Waals surface area (Å²) in [5, 5.41) is 16.9.